The SMILES string of the molecule is CCOC(=O)CN(C(=O)/C(C)=C/c1ccc(C(=O)O)cc1)C1CCCC1. The Bertz CT molecular complexity index is 687. The fourth-order valence-corrected chi connectivity index (χ4v) is 3.19. The molecule has 1 aromatic carbocycles. The third kappa shape index (κ3) is 5.18. The van der Waals surface area contributed by atoms with Gasteiger partial charge in [0.25, 0.3) is 0 Å². The second-order valence-corrected chi connectivity index (χ2v) is 6.43. The molecule has 0 heterocycles. The number of esters is 1. The highest BCUT2D eigenvalue weighted by atomic mass is 16.5. The van der Waals surface area contributed by atoms with E-state index in [4.69, 9.17) is 9.84 Å². The molecule has 0 bridgehead atoms. The van der Waals surface area contributed by atoms with Crippen molar-refractivity contribution in [3.63, 3.8) is 0 Å². The van der Waals surface area contributed by atoms with Crippen molar-refractivity contribution in [3.8, 4) is 0 Å². The van der Waals surface area contributed by atoms with E-state index >= 15 is 0 Å². The first-order chi connectivity index (χ1) is 12.4. The first-order valence-electron chi connectivity index (χ1n) is 8.90. The Morgan fingerprint density at radius 2 is 1.81 bits per heavy atom. The van der Waals surface area contributed by atoms with Crippen molar-refractivity contribution in [2.75, 3.05) is 13.2 Å². The summed E-state index contributed by atoms with van der Waals surface area (Å²) in [4.78, 5) is 37.3. The van der Waals surface area contributed by atoms with Gasteiger partial charge in [0.2, 0.25) is 5.91 Å². The van der Waals surface area contributed by atoms with E-state index in [9.17, 15) is 14.4 Å². The second kappa shape index (κ2) is 9.17. The Kier molecular flexibility index (Phi) is 6.95. The predicted molar refractivity (Wildman–Crippen MR) is 97.7 cm³/mol. The standard InChI is InChI=1S/C20H25NO5/c1-3-26-18(22)13-21(17-6-4-5-7-17)19(23)14(2)12-15-8-10-16(11-9-15)20(24)25/h8-12,17H,3-7,13H2,1-2H3,(H,24,25)/b14-12+. The van der Waals surface area contributed by atoms with E-state index in [2.05, 4.69) is 0 Å². The molecule has 0 aromatic heterocycles. The van der Waals surface area contributed by atoms with Crippen LogP contribution in [-0.4, -0.2) is 47.0 Å². The molecule has 1 aliphatic carbocycles. The molecule has 1 amide bonds. The van der Waals surface area contributed by atoms with Gasteiger partial charge in [0.15, 0.2) is 0 Å². The summed E-state index contributed by atoms with van der Waals surface area (Å²) in [7, 11) is 0. The Labute approximate surface area is 153 Å². The van der Waals surface area contributed by atoms with Crippen molar-refractivity contribution in [1.29, 1.82) is 0 Å². The first-order valence-corrected chi connectivity index (χ1v) is 8.90. The highest BCUT2D eigenvalue weighted by Crippen LogP contribution is 2.25. The molecule has 0 aliphatic heterocycles. The number of rotatable bonds is 7. The summed E-state index contributed by atoms with van der Waals surface area (Å²) in [6.07, 6.45) is 5.60. The number of amides is 1. The average Bonchev–Trinajstić information content (AvgIpc) is 3.14. The van der Waals surface area contributed by atoms with Gasteiger partial charge in [-0.1, -0.05) is 25.0 Å². The molecular formula is C20H25NO5. The minimum absolute atomic E-state index is 0.0412. The van der Waals surface area contributed by atoms with Crippen molar-refractivity contribution in [1.82, 2.24) is 4.90 Å². The van der Waals surface area contributed by atoms with Crippen LogP contribution in [0.3, 0.4) is 0 Å². The molecule has 140 valence electrons. The molecule has 1 saturated carbocycles. The van der Waals surface area contributed by atoms with Crippen LogP contribution in [0.25, 0.3) is 6.08 Å². The van der Waals surface area contributed by atoms with Gasteiger partial charge in [-0.05, 0) is 50.5 Å². The summed E-state index contributed by atoms with van der Waals surface area (Å²) in [5.41, 5.74) is 1.44. The van der Waals surface area contributed by atoms with Gasteiger partial charge in [-0.25, -0.2) is 4.79 Å². The zero-order valence-corrected chi connectivity index (χ0v) is 15.2. The molecule has 1 fully saturated rings. The highest BCUT2D eigenvalue weighted by molar-refractivity contribution is 5.99. The summed E-state index contributed by atoms with van der Waals surface area (Å²) in [5, 5.41) is 8.95. The zero-order chi connectivity index (χ0) is 19.1. The average molecular weight is 359 g/mol. The van der Waals surface area contributed by atoms with Crippen LogP contribution < -0.4 is 0 Å². The normalized spacial score (nSPS) is 14.9. The molecule has 1 aliphatic rings. The largest absolute Gasteiger partial charge is 0.478 e. The number of ether oxygens (including phenoxy) is 1. The van der Waals surface area contributed by atoms with Gasteiger partial charge >= 0.3 is 11.9 Å². The van der Waals surface area contributed by atoms with Gasteiger partial charge in [-0.2, -0.15) is 0 Å². The molecule has 6 nitrogen and oxygen atoms in total. The number of nitrogens with zero attached hydrogens (tertiary/aromatic N) is 1. The van der Waals surface area contributed by atoms with Crippen LogP contribution in [-0.2, 0) is 14.3 Å². The van der Waals surface area contributed by atoms with E-state index in [1.54, 1.807) is 37.0 Å². The fraction of sp³-hybridized carbons (Fsp3) is 0.450. The van der Waals surface area contributed by atoms with Gasteiger partial charge in [0, 0.05) is 11.6 Å². The minimum atomic E-state index is -0.991. The van der Waals surface area contributed by atoms with E-state index in [0.29, 0.717) is 5.57 Å². The van der Waals surface area contributed by atoms with Crippen LogP contribution >= 0.6 is 0 Å². The monoisotopic (exact) mass is 359 g/mol. The Balaban J connectivity index is 2.16. The lowest BCUT2D eigenvalue weighted by molar-refractivity contribution is -0.149. The fourth-order valence-electron chi connectivity index (χ4n) is 3.19. The van der Waals surface area contributed by atoms with Gasteiger partial charge in [0.1, 0.15) is 6.54 Å². The van der Waals surface area contributed by atoms with Crippen LogP contribution in [0.4, 0.5) is 0 Å². The molecule has 0 saturated heterocycles. The van der Waals surface area contributed by atoms with Crippen LogP contribution in [0.2, 0.25) is 0 Å². The lowest BCUT2D eigenvalue weighted by atomic mass is 10.1. The number of carbonyl (C=O) groups excluding carboxylic acids is 2. The van der Waals surface area contributed by atoms with Crippen LogP contribution in [0.1, 0.15) is 55.5 Å². The van der Waals surface area contributed by atoms with Gasteiger partial charge in [0.05, 0.1) is 12.2 Å². The lowest BCUT2D eigenvalue weighted by Crippen LogP contribution is -2.43. The number of benzene rings is 1. The van der Waals surface area contributed by atoms with Crippen LogP contribution in [0, 0.1) is 0 Å². The van der Waals surface area contributed by atoms with Gasteiger partial charge in [-0.3, -0.25) is 9.59 Å². The lowest BCUT2D eigenvalue weighted by Gasteiger charge is -2.28. The predicted octanol–water partition coefficient (Wildman–Crippen LogP) is 3.12. The molecule has 0 spiro atoms. The van der Waals surface area contributed by atoms with E-state index in [0.717, 1.165) is 31.2 Å². The molecule has 6 heteroatoms. The summed E-state index contributed by atoms with van der Waals surface area (Å²) >= 11 is 0. The number of hydrogen-bond acceptors (Lipinski definition) is 4. The summed E-state index contributed by atoms with van der Waals surface area (Å²) in [5.74, 6) is -1.58. The van der Waals surface area contributed by atoms with Crippen LogP contribution in [0.15, 0.2) is 29.8 Å². The second-order valence-electron chi connectivity index (χ2n) is 6.43. The van der Waals surface area contributed by atoms with Crippen molar-refractivity contribution >= 4 is 23.9 Å². The van der Waals surface area contributed by atoms with E-state index in [-0.39, 0.29) is 30.7 Å². The topological polar surface area (TPSA) is 83.9 Å². The quantitative estimate of drug-likeness (QED) is 0.597. The van der Waals surface area contributed by atoms with E-state index < -0.39 is 11.9 Å². The van der Waals surface area contributed by atoms with E-state index in [1.807, 2.05) is 0 Å². The van der Waals surface area contributed by atoms with Crippen molar-refractivity contribution in [2.45, 2.75) is 45.6 Å². The zero-order valence-electron chi connectivity index (χ0n) is 15.2. The molecule has 0 atom stereocenters. The Morgan fingerprint density at radius 3 is 2.35 bits per heavy atom. The number of aromatic carboxylic acids is 1. The smallest absolute Gasteiger partial charge is 0.335 e. The van der Waals surface area contributed by atoms with Crippen molar-refractivity contribution in [3.05, 3.63) is 41.0 Å². The summed E-state index contributed by atoms with van der Waals surface area (Å²) in [6, 6.07) is 6.37. The van der Waals surface area contributed by atoms with Gasteiger partial charge < -0.3 is 14.7 Å². The highest BCUT2D eigenvalue weighted by Gasteiger charge is 2.29. The summed E-state index contributed by atoms with van der Waals surface area (Å²) < 4.78 is 5.01. The molecule has 0 radical (unpaired) electrons. The third-order valence-electron chi connectivity index (χ3n) is 4.51. The van der Waals surface area contributed by atoms with Crippen molar-refractivity contribution in [2.24, 2.45) is 0 Å². The van der Waals surface area contributed by atoms with Crippen molar-refractivity contribution < 1.29 is 24.2 Å². The minimum Gasteiger partial charge on any atom is -0.478 e. The van der Waals surface area contributed by atoms with E-state index in [1.165, 1.54) is 12.1 Å². The number of carboxylic acids is 1. The summed E-state index contributed by atoms with van der Waals surface area (Å²) in [6.45, 7) is 3.70. The molecule has 0 unspecified atom stereocenters. The number of hydrogen-bond donors (Lipinski definition) is 1. The third-order valence-corrected chi connectivity index (χ3v) is 4.51. The molecule has 2 rings (SSSR count). The Morgan fingerprint density at radius 1 is 1.19 bits per heavy atom. The molecule has 1 N–H and O–H groups in total. The maximum atomic E-state index is 12.9. The first kappa shape index (κ1) is 19.7. The Hall–Kier alpha value is -2.63. The number of carboxylic acid groups (broad SMARTS) is 1. The maximum Gasteiger partial charge on any atom is 0.335 e. The molecular weight excluding hydrogens is 334 g/mol. The maximum absolute atomic E-state index is 12.9. The molecule has 26 heavy (non-hydrogen) atoms. The number of carbonyl (C=O) groups is 3. The molecule has 1 aromatic rings. The van der Waals surface area contributed by atoms with Crippen LogP contribution in [0.5, 0.6) is 0 Å². The van der Waals surface area contributed by atoms with Gasteiger partial charge in [-0.15, -0.1) is 0 Å².